The van der Waals surface area contributed by atoms with Gasteiger partial charge in [0.25, 0.3) is 5.91 Å². The molecule has 1 aromatic heterocycles. The van der Waals surface area contributed by atoms with Gasteiger partial charge in [0.1, 0.15) is 5.82 Å². The molecule has 0 spiro atoms. The molecule has 0 radical (unpaired) electrons. The standard InChI is InChI=1S/C20H17ClFN5O/c1-2-9-23-20(28)19-25-17-11-24-18(13-5-3-4-6-15(13)22)14-10-12(21)7-8-16(14)27(17)26-19/h3-8,10H,2,9,11H2,1H3,(H,23,28). The van der Waals surface area contributed by atoms with E-state index >= 15 is 0 Å². The number of carbonyl (C=O) groups is 1. The largest absolute Gasteiger partial charge is 0.349 e. The number of fused-ring (bicyclic) bond motifs is 3. The molecule has 0 saturated heterocycles. The fourth-order valence-corrected chi connectivity index (χ4v) is 3.23. The first-order chi connectivity index (χ1) is 13.6. The predicted molar refractivity (Wildman–Crippen MR) is 105 cm³/mol. The minimum Gasteiger partial charge on any atom is -0.349 e. The predicted octanol–water partition coefficient (Wildman–Crippen LogP) is 3.55. The summed E-state index contributed by atoms with van der Waals surface area (Å²) in [7, 11) is 0. The van der Waals surface area contributed by atoms with E-state index in [1.54, 1.807) is 41.1 Å². The molecule has 28 heavy (non-hydrogen) atoms. The number of aromatic nitrogens is 3. The molecule has 8 heteroatoms. The van der Waals surface area contributed by atoms with Gasteiger partial charge in [-0.25, -0.2) is 14.1 Å². The second-order valence-corrected chi connectivity index (χ2v) is 6.76. The van der Waals surface area contributed by atoms with E-state index in [-0.39, 0.29) is 24.1 Å². The van der Waals surface area contributed by atoms with Crippen molar-refractivity contribution in [1.29, 1.82) is 0 Å². The average molecular weight is 398 g/mol. The van der Waals surface area contributed by atoms with E-state index in [0.29, 0.717) is 39.9 Å². The van der Waals surface area contributed by atoms with Crippen LogP contribution >= 0.6 is 11.6 Å². The van der Waals surface area contributed by atoms with Gasteiger partial charge in [-0.05, 0) is 36.8 Å². The molecule has 0 saturated carbocycles. The van der Waals surface area contributed by atoms with Crippen molar-refractivity contribution >= 4 is 23.2 Å². The van der Waals surface area contributed by atoms with Gasteiger partial charge in [-0.3, -0.25) is 9.79 Å². The van der Waals surface area contributed by atoms with Crippen molar-refractivity contribution < 1.29 is 9.18 Å². The fraction of sp³-hybridized carbons (Fsp3) is 0.200. The number of hydrogen-bond donors (Lipinski definition) is 1. The quantitative estimate of drug-likeness (QED) is 0.731. The summed E-state index contributed by atoms with van der Waals surface area (Å²) in [4.78, 5) is 21.2. The topological polar surface area (TPSA) is 72.2 Å². The lowest BCUT2D eigenvalue weighted by atomic mass is 10.00. The van der Waals surface area contributed by atoms with E-state index in [4.69, 9.17) is 11.6 Å². The molecular weight excluding hydrogens is 381 g/mol. The highest BCUT2D eigenvalue weighted by molar-refractivity contribution is 6.31. The van der Waals surface area contributed by atoms with Gasteiger partial charge in [0.05, 0.1) is 17.9 Å². The summed E-state index contributed by atoms with van der Waals surface area (Å²) in [5, 5.41) is 7.63. The molecule has 6 nitrogen and oxygen atoms in total. The van der Waals surface area contributed by atoms with E-state index in [1.165, 1.54) is 6.07 Å². The second kappa shape index (κ2) is 7.52. The highest BCUT2D eigenvalue weighted by Crippen LogP contribution is 2.27. The Morgan fingerprint density at radius 1 is 1.25 bits per heavy atom. The van der Waals surface area contributed by atoms with Crippen molar-refractivity contribution in [2.24, 2.45) is 4.99 Å². The Labute approximate surface area is 166 Å². The molecule has 1 aliphatic heterocycles. The maximum absolute atomic E-state index is 14.4. The zero-order valence-electron chi connectivity index (χ0n) is 15.1. The summed E-state index contributed by atoms with van der Waals surface area (Å²) in [6.07, 6.45) is 0.816. The smallest absolute Gasteiger partial charge is 0.290 e. The van der Waals surface area contributed by atoms with E-state index in [1.807, 2.05) is 6.92 Å². The third-order valence-electron chi connectivity index (χ3n) is 4.36. The summed E-state index contributed by atoms with van der Waals surface area (Å²) in [5.41, 5.74) is 2.11. The summed E-state index contributed by atoms with van der Waals surface area (Å²) in [6.45, 7) is 2.67. The van der Waals surface area contributed by atoms with E-state index in [2.05, 4.69) is 20.4 Å². The first kappa shape index (κ1) is 18.3. The summed E-state index contributed by atoms with van der Waals surface area (Å²) in [5.74, 6) is -0.138. The molecule has 0 aliphatic carbocycles. The van der Waals surface area contributed by atoms with Crippen LogP contribution in [0, 0.1) is 5.82 Å². The van der Waals surface area contributed by atoms with Crippen molar-refractivity contribution in [2.45, 2.75) is 19.9 Å². The van der Waals surface area contributed by atoms with Gasteiger partial charge in [-0.2, -0.15) is 0 Å². The third kappa shape index (κ3) is 3.29. The lowest BCUT2D eigenvalue weighted by Crippen LogP contribution is -2.25. The van der Waals surface area contributed by atoms with Crippen molar-refractivity contribution in [3.8, 4) is 5.69 Å². The Bertz CT molecular complexity index is 1090. The lowest BCUT2D eigenvalue weighted by molar-refractivity contribution is 0.0943. The van der Waals surface area contributed by atoms with Crippen molar-refractivity contribution in [3.05, 3.63) is 76.1 Å². The number of amides is 1. The Balaban J connectivity index is 1.84. The van der Waals surface area contributed by atoms with Gasteiger partial charge in [-0.1, -0.05) is 30.7 Å². The molecule has 0 fully saturated rings. The monoisotopic (exact) mass is 397 g/mol. The molecule has 0 atom stereocenters. The maximum Gasteiger partial charge on any atom is 0.290 e. The Morgan fingerprint density at radius 3 is 2.86 bits per heavy atom. The number of nitrogens with one attached hydrogen (secondary N) is 1. The van der Waals surface area contributed by atoms with Gasteiger partial charge in [0.2, 0.25) is 5.82 Å². The highest BCUT2D eigenvalue weighted by atomic mass is 35.5. The molecule has 1 aliphatic rings. The maximum atomic E-state index is 14.4. The van der Waals surface area contributed by atoms with Crippen LogP contribution in [-0.4, -0.2) is 32.9 Å². The Morgan fingerprint density at radius 2 is 2.07 bits per heavy atom. The van der Waals surface area contributed by atoms with E-state index in [0.717, 1.165) is 6.42 Å². The highest BCUT2D eigenvalue weighted by Gasteiger charge is 2.25. The van der Waals surface area contributed by atoms with E-state index in [9.17, 15) is 9.18 Å². The summed E-state index contributed by atoms with van der Waals surface area (Å²) in [6, 6.07) is 11.6. The van der Waals surface area contributed by atoms with Crippen LogP contribution in [0.4, 0.5) is 4.39 Å². The molecule has 0 bridgehead atoms. The molecule has 1 amide bonds. The lowest BCUT2D eigenvalue weighted by Gasteiger charge is -2.11. The minimum absolute atomic E-state index is 0.0777. The van der Waals surface area contributed by atoms with Crippen LogP contribution in [0.25, 0.3) is 5.69 Å². The van der Waals surface area contributed by atoms with Gasteiger partial charge >= 0.3 is 0 Å². The Kier molecular flexibility index (Phi) is 4.92. The van der Waals surface area contributed by atoms with Crippen molar-refractivity contribution in [3.63, 3.8) is 0 Å². The summed E-state index contributed by atoms with van der Waals surface area (Å²) >= 11 is 6.20. The number of hydrogen-bond acceptors (Lipinski definition) is 4. The van der Waals surface area contributed by atoms with Crippen LogP contribution < -0.4 is 5.32 Å². The molecule has 4 rings (SSSR count). The number of rotatable bonds is 4. The van der Waals surface area contributed by atoms with Gasteiger partial charge in [-0.15, -0.1) is 5.10 Å². The molecule has 3 aromatic rings. The minimum atomic E-state index is -0.376. The van der Waals surface area contributed by atoms with Crippen LogP contribution in [0.1, 0.15) is 40.9 Å². The number of benzene rings is 2. The first-order valence-corrected chi connectivity index (χ1v) is 9.30. The molecular formula is C20H17ClFN5O. The third-order valence-corrected chi connectivity index (χ3v) is 4.60. The molecule has 2 aromatic carbocycles. The summed E-state index contributed by atoms with van der Waals surface area (Å²) < 4.78 is 16.0. The molecule has 2 heterocycles. The second-order valence-electron chi connectivity index (χ2n) is 6.33. The van der Waals surface area contributed by atoms with Crippen LogP contribution in [0.5, 0.6) is 0 Å². The van der Waals surface area contributed by atoms with Crippen LogP contribution in [0.2, 0.25) is 5.02 Å². The van der Waals surface area contributed by atoms with Gasteiger partial charge < -0.3 is 5.32 Å². The molecule has 142 valence electrons. The van der Waals surface area contributed by atoms with Crippen LogP contribution in [-0.2, 0) is 6.54 Å². The number of halogens is 2. The molecule has 1 N–H and O–H groups in total. The average Bonchev–Trinajstić information content (AvgIpc) is 3.06. The van der Waals surface area contributed by atoms with Crippen LogP contribution in [0.3, 0.4) is 0 Å². The zero-order chi connectivity index (χ0) is 19.7. The Hall–Kier alpha value is -3.06. The van der Waals surface area contributed by atoms with Crippen LogP contribution in [0.15, 0.2) is 47.5 Å². The fourth-order valence-electron chi connectivity index (χ4n) is 3.05. The van der Waals surface area contributed by atoms with E-state index < -0.39 is 0 Å². The van der Waals surface area contributed by atoms with Crippen molar-refractivity contribution in [2.75, 3.05) is 6.54 Å². The normalized spacial score (nSPS) is 12.6. The SMILES string of the molecule is CCCNC(=O)c1nc2n(n1)-c1ccc(Cl)cc1C(c1ccccc1F)=NC2. The number of nitrogens with zero attached hydrogens (tertiary/aromatic N) is 4. The first-order valence-electron chi connectivity index (χ1n) is 8.92. The van der Waals surface area contributed by atoms with Gasteiger partial charge in [0.15, 0.2) is 5.82 Å². The number of aliphatic imine (C=N–C) groups is 1. The van der Waals surface area contributed by atoms with Crippen molar-refractivity contribution in [1.82, 2.24) is 20.1 Å². The molecule has 0 unspecified atom stereocenters. The van der Waals surface area contributed by atoms with Gasteiger partial charge in [0, 0.05) is 22.7 Å². The zero-order valence-corrected chi connectivity index (χ0v) is 15.9. The number of carbonyl (C=O) groups excluding carboxylic acids is 1.